The standard InChI is InChI=1S/C24H21ClN2O6/c1-31-20-9-7-17(13-21(20)33-22-5-3-11-32-22)27(23(28)15-4-2-10-26-14-15)16-6-8-19(25)18(12-16)24(29)30/h2,4,6-10,12-14,22H,3,5,11H2,1H3,(H,29,30). The highest BCUT2D eigenvalue weighted by atomic mass is 35.5. The van der Waals surface area contributed by atoms with Crippen LogP contribution in [0.3, 0.4) is 0 Å². The van der Waals surface area contributed by atoms with E-state index in [9.17, 15) is 14.7 Å². The van der Waals surface area contributed by atoms with E-state index in [-0.39, 0.29) is 10.6 Å². The van der Waals surface area contributed by atoms with Gasteiger partial charge in [0.05, 0.1) is 41.2 Å². The number of nitrogens with zero attached hydrogens (tertiary/aromatic N) is 2. The van der Waals surface area contributed by atoms with Crippen LogP contribution in [0.1, 0.15) is 33.6 Å². The molecule has 1 amide bonds. The van der Waals surface area contributed by atoms with Crippen LogP contribution in [0, 0.1) is 0 Å². The Morgan fingerprint density at radius 2 is 1.94 bits per heavy atom. The number of pyridine rings is 1. The smallest absolute Gasteiger partial charge is 0.337 e. The van der Waals surface area contributed by atoms with Crippen LogP contribution >= 0.6 is 11.6 Å². The number of carboxylic acids is 1. The van der Waals surface area contributed by atoms with Crippen LogP contribution in [0.4, 0.5) is 11.4 Å². The Morgan fingerprint density at radius 1 is 1.15 bits per heavy atom. The molecular formula is C24H21ClN2O6. The molecule has 1 unspecified atom stereocenters. The molecule has 1 saturated heterocycles. The van der Waals surface area contributed by atoms with Crippen molar-refractivity contribution in [3.8, 4) is 11.5 Å². The predicted molar refractivity (Wildman–Crippen MR) is 122 cm³/mol. The fraction of sp³-hybridized carbons (Fsp3) is 0.208. The van der Waals surface area contributed by atoms with E-state index >= 15 is 0 Å². The minimum Gasteiger partial charge on any atom is -0.493 e. The van der Waals surface area contributed by atoms with Gasteiger partial charge in [0.1, 0.15) is 0 Å². The first-order valence-electron chi connectivity index (χ1n) is 10.2. The minimum absolute atomic E-state index is 0.0668. The van der Waals surface area contributed by atoms with Crippen molar-refractivity contribution < 1.29 is 28.9 Å². The molecule has 1 N–H and O–H groups in total. The molecule has 1 aromatic heterocycles. The van der Waals surface area contributed by atoms with Crippen LogP contribution in [-0.4, -0.2) is 42.0 Å². The molecule has 170 valence electrons. The molecule has 33 heavy (non-hydrogen) atoms. The van der Waals surface area contributed by atoms with Gasteiger partial charge in [-0.3, -0.25) is 14.7 Å². The lowest BCUT2D eigenvalue weighted by molar-refractivity contribution is -0.0402. The van der Waals surface area contributed by atoms with Crippen LogP contribution < -0.4 is 14.4 Å². The van der Waals surface area contributed by atoms with E-state index in [0.29, 0.717) is 35.0 Å². The van der Waals surface area contributed by atoms with Crippen molar-refractivity contribution in [3.63, 3.8) is 0 Å². The number of carbonyl (C=O) groups excluding carboxylic acids is 1. The highest BCUT2D eigenvalue weighted by molar-refractivity contribution is 6.33. The van der Waals surface area contributed by atoms with Crippen molar-refractivity contribution in [1.29, 1.82) is 0 Å². The summed E-state index contributed by atoms with van der Waals surface area (Å²) in [6.07, 6.45) is 4.22. The maximum absolute atomic E-state index is 13.5. The van der Waals surface area contributed by atoms with Gasteiger partial charge in [-0.25, -0.2) is 4.79 Å². The second-order valence-electron chi connectivity index (χ2n) is 7.25. The van der Waals surface area contributed by atoms with Gasteiger partial charge in [-0.2, -0.15) is 0 Å². The van der Waals surface area contributed by atoms with Crippen LogP contribution in [-0.2, 0) is 4.74 Å². The van der Waals surface area contributed by atoms with Crippen molar-refractivity contribution >= 4 is 34.9 Å². The van der Waals surface area contributed by atoms with Gasteiger partial charge in [-0.1, -0.05) is 11.6 Å². The molecule has 2 aromatic carbocycles. The predicted octanol–water partition coefficient (Wildman–Crippen LogP) is 4.94. The maximum Gasteiger partial charge on any atom is 0.337 e. The number of benzene rings is 2. The number of halogens is 1. The Labute approximate surface area is 195 Å². The summed E-state index contributed by atoms with van der Waals surface area (Å²) in [6, 6.07) is 12.7. The summed E-state index contributed by atoms with van der Waals surface area (Å²) in [6.45, 7) is 0.612. The molecular weight excluding hydrogens is 448 g/mol. The first-order chi connectivity index (χ1) is 16.0. The van der Waals surface area contributed by atoms with Gasteiger partial charge in [-0.05, 0) is 48.9 Å². The van der Waals surface area contributed by atoms with Crippen LogP contribution in [0.25, 0.3) is 0 Å². The summed E-state index contributed by atoms with van der Waals surface area (Å²) in [5, 5.41) is 9.59. The first kappa shape index (κ1) is 22.6. The van der Waals surface area contributed by atoms with Gasteiger partial charge in [0, 0.05) is 24.9 Å². The Morgan fingerprint density at radius 3 is 2.61 bits per heavy atom. The Balaban J connectivity index is 1.82. The Hall–Kier alpha value is -3.62. The molecule has 9 heteroatoms. The summed E-state index contributed by atoms with van der Waals surface area (Å²) >= 11 is 6.05. The highest BCUT2D eigenvalue weighted by Crippen LogP contribution is 2.38. The normalized spacial score (nSPS) is 15.2. The minimum atomic E-state index is -1.20. The summed E-state index contributed by atoms with van der Waals surface area (Å²) in [7, 11) is 1.52. The first-order valence-corrected chi connectivity index (χ1v) is 10.6. The van der Waals surface area contributed by atoms with Crippen molar-refractivity contribution in [2.24, 2.45) is 0 Å². The number of ether oxygens (including phenoxy) is 3. The zero-order valence-corrected chi connectivity index (χ0v) is 18.5. The summed E-state index contributed by atoms with van der Waals surface area (Å²) in [4.78, 5) is 30.6. The molecule has 1 aliphatic rings. The van der Waals surface area contributed by atoms with Gasteiger partial charge in [0.25, 0.3) is 5.91 Å². The third-order valence-electron chi connectivity index (χ3n) is 5.10. The van der Waals surface area contributed by atoms with Gasteiger partial charge >= 0.3 is 5.97 Å². The van der Waals surface area contributed by atoms with Crippen molar-refractivity contribution in [2.45, 2.75) is 19.1 Å². The molecule has 4 rings (SSSR count). The molecule has 0 spiro atoms. The molecule has 2 heterocycles. The highest BCUT2D eigenvalue weighted by Gasteiger charge is 2.25. The van der Waals surface area contributed by atoms with Crippen molar-refractivity contribution in [1.82, 2.24) is 4.98 Å². The van der Waals surface area contributed by atoms with E-state index in [4.69, 9.17) is 25.8 Å². The number of hydrogen-bond acceptors (Lipinski definition) is 6. The zero-order chi connectivity index (χ0) is 23.4. The van der Waals surface area contributed by atoms with E-state index in [0.717, 1.165) is 12.8 Å². The molecule has 3 aromatic rings. The summed E-state index contributed by atoms with van der Waals surface area (Å²) in [5.41, 5.74) is 0.958. The average Bonchev–Trinajstić information content (AvgIpc) is 3.34. The molecule has 1 atom stereocenters. The monoisotopic (exact) mass is 468 g/mol. The third-order valence-corrected chi connectivity index (χ3v) is 5.43. The fourth-order valence-electron chi connectivity index (χ4n) is 3.50. The lowest BCUT2D eigenvalue weighted by atomic mass is 10.1. The van der Waals surface area contributed by atoms with Crippen molar-refractivity contribution in [2.75, 3.05) is 18.6 Å². The van der Waals surface area contributed by atoms with Gasteiger partial charge in [-0.15, -0.1) is 0 Å². The second kappa shape index (κ2) is 9.89. The number of amides is 1. The molecule has 8 nitrogen and oxygen atoms in total. The Bertz CT molecular complexity index is 1160. The second-order valence-corrected chi connectivity index (χ2v) is 7.65. The number of aromatic nitrogens is 1. The molecule has 1 fully saturated rings. The number of hydrogen-bond donors (Lipinski definition) is 1. The van der Waals surface area contributed by atoms with Crippen molar-refractivity contribution in [3.05, 3.63) is 77.1 Å². The lowest BCUT2D eigenvalue weighted by Crippen LogP contribution is -2.26. The van der Waals surface area contributed by atoms with E-state index < -0.39 is 18.2 Å². The lowest BCUT2D eigenvalue weighted by Gasteiger charge is -2.25. The number of carbonyl (C=O) groups is 2. The largest absolute Gasteiger partial charge is 0.493 e. The maximum atomic E-state index is 13.5. The molecule has 0 aliphatic carbocycles. The van der Waals surface area contributed by atoms with E-state index in [1.165, 1.54) is 30.3 Å². The number of methoxy groups -OCH3 is 1. The van der Waals surface area contributed by atoms with E-state index in [1.807, 2.05) is 0 Å². The van der Waals surface area contributed by atoms with E-state index in [1.54, 1.807) is 42.6 Å². The van der Waals surface area contributed by atoms with Gasteiger partial charge in [0.15, 0.2) is 17.8 Å². The SMILES string of the molecule is COc1ccc(N(C(=O)c2cccnc2)c2ccc(Cl)c(C(=O)O)c2)cc1OC1CCCO1. The number of aromatic carboxylic acids is 1. The molecule has 1 aliphatic heterocycles. The Kier molecular flexibility index (Phi) is 6.76. The topological polar surface area (TPSA) is 98.2 Å². The number of carboxylic acid groups (broad SMARTS) is 1. The van der Waals surface area contributed by atoms with Crippen LogP contribution in [0.2, 0.25) is 5.02 Å². The number of anilines is 2. The fourth-order valence-corrected chi connectivity index (χ4v) is 3.70. The van der Waals surface area contributed by atoms with Crippen LogP contribution in [0.15, 0.2) is 60.9 Å². The average molecular weight is 469 g/mol. The quantitative estimate of drug-likeness (QED) is 0.524. The third kappa shape index (κ3) is 4.92. The number of rotatable bonds is 7. The molecule has 0 bridgehead atoms. The summed E-state index contributed by atoms with van der Waals surface area (Å²) in [5.74, 6) is -0.730. The van der Waals surface area contributed by atoms with Gasteiger partial charge in [0.2, 0.25) is 0 Å². The molecule has 0 saturated carbocycles. The van der Waals surface area contributed by atoms with Crippen LogP contribution in [0.5, 0.6) is 11.5 Å². The zero-order valence-electron chi connectivity index (χ0n) is 17.7. The van der Waals surface area contributed by atoms with E-state index in [2.05, 4.69) is 4.98 Å². The summed E-state index contributed by atoms with van der Waals surface area (Å²) < 4.78 is 17.0. The van der Waals surface area contributed by atoms with Gasteiger partial charge < -0.3 is 19.3 Å². The molecule has 0 radical (unpaired) electrons.